The Morgan fingerprint density at radius 2 is 2.56 bits per heavy atom. The molecule has 2 heterocycles. The van der Waals surface area contributed by atoms with Crippen LogP contribution in [0.15, 0.2) is 30.2 Å². The van der Waals surface area contributed by atoms with E-state index in [-0.39, 0.29) is 11.9 Å². The fourth-order valence-electron chi connectivity index (χ4n) is 1.27. The molecule has 6 heteroatoms. The van der Waals surface area contributed by atoms with Gasteiger partial charge in [0.25, 0.3) is 5.91 Å². The van der Waals surface area contributed by atoms with Gasteiger partial charge >= 0.3 is 0 Å². The molecule has 1 amide bonds. The zero-order chi connectivity index (χ0) is 11.4. The van der Waals surface area contributed by atoms with Crippen LogP contribution < -0.4 is 5.32 Å². The molecule has 2 rings (SSSR count). The van der Waals surface area contributed by atoms with Crippen molar-refractivity contribution in [3.63, 3.8) is 0 Å². The van der Waals surface area contributed by atoms with Gasteiger partial charge in [0, 0.05) is 6.54 Å². The molecular formula is C10H12N4OS. The van der Waals surface area contributed by atoms with E-state index in [1.54, 1.807) is 17.1 Å². The lowest BCUT2D eigenvalue weighted by Gasteiger charge is -2.11. The molecule has 0 aliphatic carbocycles. The molecule has 1 N–H and O–H groups in total. The van der Waals surface area contributed by atoms with Crippen molar-refractivity contribution in [2.45, 2.75) is 13.0 Å². The van der Waals surface area contributed by atoms with E-state index in [1.807, 2.05) is 18.4 Å². The molecule has 16 heavy (non-hydrogen) atoms. The van der Waals surface area contributed by atoms with Gasteiger partial charge in [0.2, 0.25) is 0 Å². The highest BCUT2D eigenvalue weighted by Gasteiger charge is 2.09. The third-order valence-corrected chi connectivity index (χ3v) is 3.06. The van der Waals surface area contributed by atoms with Gasteiger partial charge in [-0.25, -0.2) is 9.67 Å². The van der Waals surface area contributed by atoms with Crippen LogP contribution in [0.2, 0.25) is 0 Å². The predicted octanol–water partition coefficient (Wildman–Crippen LogP) is 1.33. The molecule has 0 spiro atoms. The summed E-state index contributed by atoms with van der Waals surface area (Å²) in [6, 6.07) is 3.77. The fourth-order valence-corrected chi connectivity index (χ4v) is 1.91. The maximum atomic E-state index is 11.6. The summed E-state index contributed by atoms with van der Waals surface area (Å²) in [5.41, 5.74) is 0. The smallest absolute Gasteiger partial charge is 0.261 e. The Hall–Kier alpha value is -1.69. The lowest BCUT2D eigenvalue weighted by Crippen LogP contribution is -2.29. The van der Waals surface area contributed by atoms with E-state index in [0.717, 1.165) is 4.88 Å². The molecule has 0 aliphatic heterocycles. The molecule has 5 nitrogen and oxygen atoms in total. The van der Waals surface area contributed by atoms with Gasteiger partial charge in [0.15, 0.2) is 0 Å². The average molecular weight is 236 g/mol. The van der Waals surface area contributed by atoms with E-state index in [1.165, 1.54) is 17.7 Å². The zero-order valence-electron chi connectivity index (χ0n) is 8.83. The van der Waals surface area contributed by atoms with Crippen LogP contribution in [-0.4, -0.2) is 27.2 Å². The van der Waals surface area contributed by atoms with Crippen LogP contribution in [0.5, 0.6) is 0 Å². The highest BCUT2D eigenvalue weighted by Crippen LogP contribution is 2.08. The van der Waals surface area contributed by atoms with Crippen molar-refractivity contribution in [1.82, 2.24) is 20.1 Å². The molecular weight excluding hydrogens is 224 g/mol. The van der Waals surface area contributed by atoms with Crippen molar-refractivity contribution in [1.29, 1.82) is 0 Å². The average Bonchev–Trinajstić information content (AvgIpc) is 2.95. The summed E-state index contributed by atoms with van der Waals surface area (Å²) in [5, 5.41) is 8.75. The normalized spacial score (nSPS) is 12.3. The molecule has 0 radical (unpaired) electrons. The van der Waals surface area contributed by atoms with E-state index in [0.29, 0.717) is 6.54 Å². The Balaban J connectivity index is 1.86. The minimum absolute atomic E-state index is 0.0398. The Bertz CT molecular complexity index is 437. The van der Waals surface area contributed by atoms with E-state index >= 15 is 0 Å². The van der Waals surface area contributed by atoms with Crippen LogP contribution in [-0.2, 0) is 0 Å². The number of hydrogen-bond acceptors (Lipinski definition) is 4. The van der Waals surface area contributed by atoms with Crippen molar-refractivity contribution >= 4 is 17.2 Å². The first kappa shape index (κ1) is 10.8. The standard InChI is InChI=1S/C10H12N4OS/c1-8(14-7-11-6-13-14)5-12-10(15)9-3-2-4-16-9/h2-4,6-8H,5H2,1H3,(H,12,15). The van der Waals surface area contributed by atoms with Crippen molar-refractivity contribution < 1.29 is 4.79 Å². The van der Waals surface area contributed by atoms with Gasteiger partial charge < -0.3 is 5.32 Å². The van der Waals surface area contributed by atoms with Crippen molar-refractivity contribution in [2.75, 3.05) is 6.54 Å². The zero-order valence-corrected chi connectivity index (χ0v) is 9.65. The number of nitrogens with zero attached hydrogens (tertiary/aromatic N) is 3. The molecule has 84 valence electrons. The minimum atomic E-state index is -0.0398. The highest BCUT2D eigenvalue weighted by atomic mass is 32.1. The van der Waals surface area contributed by atoms with Crippen molar-refractivity contribution in [3.8, 4) is 0 Å². The molecule has 0 saturated carbocycles. The molecule has 2 aromatic rings. The largest absolute Gasteiger partial charge is 0.349 e. The third kappa shape index (κ3) is 2.46. The molecule has 0 fully saturated rings. The Morgan fingerprint density at radius 1 is 1.69 bits per heavy atom. The van der Waals surface area contributed by atoms with Crippen LogP contribution in [0, 0.1) is 0 Å². The summed E-state index contributed by atoms with van der Waals surface area (Å²) in [5.74, 6) is -0.0398. The second-order valence-corrected chi connectivity index (χ2v) is 4.36. The lowest BCUT2D eigenvalue weighted by atomic mass is 10.3. The third-order valence-electron chi connectivity index (χ3n) is 2.19. The van der Waals surface area contributed by atoms with Crippen LogP contribution in [0.4, 0.5) is 0 Å². The molecule has 0 aromatic carbocycles. The molecule has 1 unspecified atom stereocenters. The molecule has 0 saturated heterocycles. The van der Waals surface area contributed by atoms with Gasteiger partial charge in [0.1, 0.15) is 12.7 Å². The van der Waals surface area contributed by atoms with Gasteiger partial charge in [-0.05, 0) is 18.4 Å². The van der Waals surface area contributed by atoms with Crippen LogP contribution in [0.1, 0.15) is 22.6 Å². The lowest BCUT2D eigenvalue weighted by molar-refractivity contribution is 0.0952. The summed E-state index contributed by atoms with van der Waals surface area (Å²) in [4.78, 5) is 16.2. The highest BCUT2D eigenvalue weighted by molar-refractivity contribution is 7.12. The number of nitrogens with one attached hydrogen (secondary N) is 1. The maximum absolute atomic E-state index is 11.6. The Kier molecular flexibility index (Phi) is 3.31. The summed E-state index contributed by atoms with van der Waals surface area (Å²) < 4.78 is 1.72. The maximum Gasteiger partial charge on any atom is 0.261 e. The first-order valence-corrected chi connectivity index (χ1v) is 5.81. The summed E-state index contributed by atoms with van der Waals surface area (Å²) in [6.07, 6.45) is 3.12. The van der Waals surface area contributed by atoms with Gasteiger partial charge in [0.05, 0.1) is 10.9 Å². The van der Waals surface area contributed by atoms with E-state index in [9.17, 15) is 4.79 Å². The number of rotatable bonds is 4. The van der Waals surface area contributed by atoms with E-state index < -0.39 is 0 Å². The van der Waals surface area contributed by atoms with Gasteiger partial charge in [-0.1, -0.05) is 6.07 Å². The van der Waals surface area contributed by atoms with Gasteiger partial charge in [-0.2, -0.15) is 5.10 Å². The van der Waals surface area contributed by atoms with Gasteiger partial charge in [-0.3, -0.25) is 4.79 Å². The van der Waals surface area contributed by atoms with Crippen LogP contribution in [0.25, 0.3) is 0 Å². The quantitative estimate of drug-likeness (QED) is 0.871. The molecule has 0 aliphatic rings. The Labute approximate surface area is 97.1 Å². The number of hydrogen-bond donors (Lipinski definition) is 1. The second kappa shape index (κ2) is 4.89. The number of aromatic nitrogens is 3. The molecule has 1 atom stereocenters. The van der Waals surface area contributed by atoms with E-state index in [4.69, 9.17) is 0 Å². The summed E-state index contributed by atoms with van der Waals surface area (Å²) >= 11 is 1.43. The first-order valence-electron chi connectivity index (χ1n) is 4.93. The first-order chi connectivity index (χ1) is 7.77. The van der Waals surface area contributed by atoms with Crippen molar-refractivity contribution in [2.24, 2.45) is 0 Å². The van der Waals surface area contributed by atoms with E-state index in [2.05, 4.69) is 15.4 Å². The van der Waals surface area contributed by atoms with Crippen LogP contribution >= 0.6 is 11.3 Å². The fraction of sp³-hybridized carbons (Fsp3) is 0.300. The SMILES string of the molecule is CC(CNC(=O)c1cccs1)n1cncn1. The van der Waals surface area contributed by atoms with Crippen molar-refractivity contribution in [3.05, 3.63) is 35.0 Å². The number of thiophene rings is 1. The monoisotopic (exact) mass is 236 g/mol. The Morgan fingerprint density at radius 3 is 3.19 bits per heavy atom. The topological polar surface area (TPSA) is 59.8 Å². The number of carbonyl (C=O) groups is 1. The predicted molar refractivity (Wildman–Crippen MR) is 61.4 cm³/mol. The number of carbonyl (C=O) groups excluding carboxylic acids is 1. The van der Waals surface area contributed by atoms with Crippen LogP contribution in [0.3, 0.4) is 0 Å². The molecule has 2 aromatic heterocycles. The summed E-state index contributed by atoms with van der Waals surface area (Å²) in [6.45, 7) is 2.52. The molecule has 0 bridgehead atoms. The second-order valence-electron chi connectivity index (χ2n) is 3.41. The minimum Gasteiger partial charge on any atom is -0.349 e. The summed E-state index contributed by atoms with van der Waals surface area (Å²) in [7, 11) is 0. The van der Waals surface area contributed by atoms with Gasteiger partial charge in [-0.15, -0.1) is 11.3 Å². The number of amides is 1.